The van der Waals surface area contributed by atoms with Gasteiger partial charge in [-0.15, -0.1) is 0 Å². The van der Waals surface area contributed by atoms with Gasteiger partial charge in [0.15, 0.2) is 0 Å². The number of carbonyl (C=O) groups is 1. The fourth-order valence-corrected chi connectivity index (χ4v) is 0.372. The fraction of sp³-hybridized carbons (Fsp3) is 0.800. The molecular formula is C5H11NO3. The second kappa shape index (κ2) is 3.42. The van der Waals surface area contributed by atoms with Crippen LogP contribution < -0.4 is 5.73 Å². The van der Waals surface area contributed by atoms with Crippen molar-refractivity contribution >= 4 is 5.97 Å². The average Bonchev–Trinajstić information content (AvgIpc) is 1.63. The predicted molar refractivity (Wildman–Crippen MR) is 31.9 cm³/mol. The van der Waals surface area contributed by atoms with E-state index in [2.05, 4.69) is 0 Å². The third-order valence-corrected chi connectivity index (χ3v) is 1.03. The van der Waals surface area contributed by atoms with Gasteiger partial charge in [-0.1, -0.05) is 0 Å². The monoisotopic (exact) mass is 133 g/mol. The molecule has 0 rings (SSSR count). The van der Waals surface area contributed by atoms with Crippen LogP contribution >= 0.6 is 0 Å². The first-order chi connectivity index (χ1) is 4.04. The average molecular weight is 133 g/mol. The highest BCUT2D eigenvalue weighted by molar-refractivity contribution is 5.67. The number of hydrogen-bond donors (Lipinski definition) is 3. The van der Waals surface area contributed by atoms with Gasteiger partial charge in [0.25, 0.3) is 0 Å². The topological polar surface area (TPSA) is 83.5 Å². The van der Waals surface area contributed by atoms with E-state index in [4.69, 9.17) is 15.9 Å². The van der Waals surface area contributed by atoms with Gasteiger partial charge in [-0.25, -0.2) is 0 Å². The van der Waals surface area contributed by atoms with Crippen LogP contribution in [0.1, 0.15) is 13.3 Å². The molecule has 2 atom stereocenters. The second-order valence-electron chi connectivity index (χ2n) is 2.00. The number of rotatable bonds is 3. The number of carboxylic acids is 1. The molecule has 0 bridgehead atoms. The molecule has 0 saturated heterocycles. The Balaban J connectivity index is 3.50. The van der Waals surface area contributed by atoms with E-state index in [9.17, 15) is 4.79 Å². The normalized spacial score (nSPS) is 16.8. The van der Waals surface area contributed by atoms with Crippen LogP contribution in [-0.2, 0) is 4.79 Å². The maximum Gasteiger partial charge on any atom is 0.305 e. The van der Waals surface area contributed by atoms with Gasteiger partial charge in [0.2, 0.25) is 0 Å². The van der Waals surface area contributed by atoms with E-state index in [1.807, 2.05) is 0 Å². The van der Waals surface area contributed by atoms with Crippen LogP contribution in [0.3, 0.4) is 0 Å². The van der Waals surface area contributed by atoms with Gasteiger partial charge >= 0.3 is 5.97 Å². The van der Waals surface area contributed by atoms with Crippen molar-refractivity contribution in [3.8, 4) is 0 Å². The SMILES string of the molecule is CC(O)[C@H](N)CC(=O)O. The largest absolute Gasteiger partial charge is 0.481 e. The molecule has 0 saturated carbocycles. The van der Waals surface area contributed by atoms with E-state index in [0.29, 0.717) is 0 Å². The van der Waals surface area contributed by atoms with Crippen molar-refractivity contribution in [2.45, 2.75) is 25.5 Å². The van der Waals surface area contributed by atoms with Crippen molar-refractivity contribution in [3.63, 3.8) is 0 Å². The van der Waals surface area contributed by atoms with E-state index in [1.165, 1.54) is 6.92 Å². The van der Waals surface area contributed by atoms with Gasteiger partial charge < -0.3 is 15.9 Å². The zero-order chi connectivity index (χ0) is 7.44. The molecule has 0 aromatic rings. The molecule has 9 heavy (non-hydrogen) atoms. The summed E-state index contributed by atoms with van der Waals surface area (Å²) in [4.78, 5) is 9.92. The van der Waals surface area contributed by atoms with Gasteiger partial charge in [0, 0.05) is 6.04 Å². The summed E-state index contributed by atoms with van der Waals surface area (Å²) in [6.07, 6.45) is -0.932. The first-order valence-electron chi connectivity index (χ1n) is 2.69. The molecule has 4 heteroatoms. The first kappa shape index (κ1) is 8.39. The van der Waals surface area contributed by atoms with Crippen molar-refractivity contribution in [2.24, 2.45) is 5.73 Å². The molecule has 0 aliphatic heterocycles. The van der Waals surface area contributed by atoms with E-state index in [0.717, 1.165) is 0 Å². The highest BCUT2D eigenvalue weighted by Crippen LogP contribution is 1.93. The minimum Gasteiger partial charge on any atom is -0.481 e. The Morgan fingerprint density at radius 2 is 2.22 bits per heavy atom. The molecule has 0 heterocycles. The lowest BCUT2D eigenvalue weighted by molar-refractivity contribution is -0.138. The number of nitrogens with two attached hydrogens (primary N) is 1. The van der Waals surface area contributed by atoms with Crippen molar-refractivity contribution < 1.29 is 15.0 Å². The molecule has 0 aliphatic carbocycles. The molecule has 0 radical (unpaired) electrons. The number of hydrogen-bond acceptors (Lipinski definition) is 3. The minimum atomic E-state index is -0.983. The second-order valence-corrected chi connectivity index (χ2v) is 2.00. The van der Waals surface area contributed by atoms with E-state index in [-0.39, 0.29) is 6.42 Å². The molecule has 4 nitrogen and oxygen atoms in total. The van der Waals surface area contributed by atoms with Crippen LogP contribution in [0, 0.1) is 0 Å². The van der Waals surface area contributed by atoms with Crippen LogP contribution in [0.15, 0.2) is 0 Å². The van der Waals surface area contributed by atoms with Gasteiger partial charge in [-0.2, -0.15) is 0 Å². The standard InChI is InChI=1S/C5H11NO3/c1-3(7)4(6)2-5(8)9/h3-4,7H,2,6H2,1H3,(H,8,9)/t3?,4-/m1/s1. The molecule has 4 N–H and O–H groups in total. The molecule has 0 aromatic carbocycles. The maximum atomic E-state index is 9.92. The van der Waals surface area contributed by atoms with E-state index in [1.54, 1.807) is 0 Å². The van der Waals surface area contributed by atoms with Crippen LogP contribution in [0.2, 0.25) is 0 Å². The smallest absolute Gasteiger partial charge is 0.305 e. The van der Waals surface area contributed by atoms with Crippen LogP contribution in [-0.4, -0.2) is 28.3 Å². The summed E-state index contributed by atoms with van der Waals surface area (Å²) in [5, 5.41) is 16.8. The lowest BCUT2D eigenvalue weighted by Crippen LogP contribution is -2.34. The molecule has 54 valence electrons. The molecular weight excluding hydrogens is 122 g/mol. The molecule has 1 unspecified atom stereocenters. The Morgan fingerprint density at radius 1 is 1.78 bits per heavy atom. The quantitative estimate of drug-likeness (QED) is 0.469. The summed E-state index contributed by atoms with van der Waals surface area (Å²) in [5.41, 5.74) is 5.19. The van der Waals surface area contributed by atoms with Crippen LogP contribution in [0.25, 0.3) is 0 Å². The minimum absolute atomic E-state index is 0.183. The van der Waals surface area contributed by atoms with Crippen molar-refractivity contribution in [2.75, 3.05) is 0 Å². The molecule has 0 aliphatic rings. The summed E-state index contributed by atoms with van der Waals surface area (Å²) in [6.45, 7) is 1.47. The van der Waals surface area contributed by atoms with E-state index < -0.39 is 18.1 Å². The lowest BCUT2D eigenvalue weighted by atomic mass is 10.1. The summed E-state index contributed by atoms with van der Waals surface area (Å²) in [6, 6.07) is -0.650. The highest BCUT2D eigenvalue weighted by Gasteiger charge is 2.12. The van der Waals surface area contributed by atoms with Crippen molar-refractivity contribution in [3.05, 3.63) is 0 Å². The molecule has 0 aromatic heterocycles. The molecule has 0 spiro atoms. The number of aliphatic carboxylic acids is 1. The van der Waals surface area contributed by atoms with Gasteiger partial charge in [0.05, 0.1) is 12.5 Å². The predicted octanol–water partition coefficient (Wildman–Crippen LogP) is -0.831. The van der Waals surface area contributed by atoms with Crippen LogP contribution in [0.5, 0.6) is 0 Å². The maximum absolute atomic E-state index is 9.92. The highest BCUT2D eigenvalue weighted by atomic mass is 16.4. The summed E-state index contributed by atoms with van der Waals surface area (Å²) < 4.78 is 0. The molecule has 0 amide bonds. The van der Waals surface area contributed by atoms with Gasteiger partial charge in [-0.3, -0.25) is 4.79 Å². The number of aliphatic hydroxyl groups is 1. The zero-order valence-electron chi connectivity index (χ0n) is 5.24. The summed E-state index contributed by atoms with van der Waals surface area (Å²) >= 11 is 0. The van der Waals surface area contributed by atoms with E-state index >= 15 is 0 Å². The Kier molecular flexibility index (Phi) is 3.19. The lowest BCUT2D eigenvalue weighted by Gasteiger charge is -2.10. The Bertz CT molecular complexity index is 102. The van der Waals surface area contributed by atoms with Gasteiger partial charge in [0.1, 0.15) is 0 Å². The summed E-state index contributed by atoms with van der Waals surface area (Å²) in [7, 11) is 0. The number of aliphatic hydroxyl groups excluding tert-OH is 1. The Labute approximate surface area is 53.3 Å². The Hall–Kier alpha value is -0.610. The Morgan fingerprint density at radius 3 is 2.33 bits per heavy atom. The zero-order valence-corrected chi connectivity index (χ0v) is 5.24. The molecule has 0 fully saturated rings. The fourth-order valence-electron chi connectivity index (χ4n) is 0.372. The van der Waals surface area contributed by atoms with Crippen LogP contribution in [0.4, 0.5) is 0 Å². The van der Waals surface area contributed by atoms with Crippen molar-refractivity contribution in [1.29, 1.82) is 0 Å². The van der Waals surface area contributed by atoms with Crippen molar-refractivity contribution in [1.82, 2.24) is 0 Å². The first-order valence-corrected chi connectivity index (χ1v) is 2.69. The summed E-state index contributed by atoms with van der Waals surface area (Å²) in [5.74, 6) is -0.983. The van der Waals surface area contributed by atoms with Gasteiger partial charge in [-0.05, 0) is 6.92 Å². The third-order valence-electron chi connectivity index (χ3n) is 1.03. The third kappa shape index (κ3) is 3.93. The number of carboxylic acid groups (broad SMARTS) is 1.